The van der Waals surface area contributed by atoms with Gasteiger partial charge in [-0.05, 0) is 51.0 Å². The minimum Gasteiger partial charge on any atom is -0.462 e. The molecule has 0 aliphatic carbocycles. The summed E-state index contributed by atoms with van der Waals surface area (Å²) in [6, 6.07) is 5.38. The highest BCUT2D eigenvalue weighted by molar-refractivity contribution is 7.18. The third-order valence-electron chi connectivity index (χ3n) is 3.91. The van der Waals surface area contributed by atoms with Gasteiger partial charge in [-0.1, -0.05) is 17.7 Å². The van der Waals surface area contributed by atoms with E-state index >= 15 is 0 Å². The van der Waals surface area contributed by atoms with Gasteiger partial charge in [0, 0.05) is 10.7 Å². The molecule has 0 atom stereocenters. The monoisotopic (exact) mass is 408 g/mol. The van der Waals surface area contributed by atoms with Crippen LogP contribution in [0.4, 0.5) is 10.7 Å². The van der Waals surface area contributed by atoms with Crippen molar-refractivity contribution in [3.8, 4) is 0 Å². The zero-order valence-electron chi connectivity index (χ0n) is 15.6. The second kappa shape index (κ2) is 9.01. The van der Waals surface area contributed by atoms with E-state index < -0.39 is 5.97 Å². The number of Topliss-reactive ketones (excluding diaryl/α,β-unsaturated/α-hetero) is 1. The first-order valence-corrected chi connectivity index (χ1v) is 9.56. The van der Waals surface area contributed by atoms with Crippen LogP contribution in [0.2, 0.25) is 5.02 Å². The van der Waals surface area contributed by atoms with Gasteiger partial charge >= 0.3 is 5.97 Å². The lowest BCUT2D eigenvalue weighted by molar-refractivity contribution is -0.114. The Morgan fingerprint density at radius 2 is 1.89 bits per heavy atom. The van der Waals surface area contributed by atoms with Gasteiger partial charge in [0.15, 0.2) is 5.78 Å². The van der Waals surface area contributed by atoms with Crippen molar-refractivity contribution in [1.29, 1.82) is 0 Å². The van der Waals surface area contributed by atoms with Crippen LogP contribution < -0.4 is 10.6 Å². The van der Waals surface area contributed by atoms with Crippen LogP contribution in [0.1, 0.15) is 45.0 Å². The molecule has 0 aliphatic rings. The maximum atomic E-state index is 12.4. The van der Waals surface area contributed by atoms with Gasteiger partial charge in [0.1, 0.15) is 5.00 Å². The van der Waals surface area contributed by atoms with E-state index in [-0.39, 0.29) is 30.4 Å². The van der Waals surface area contributed by atoms with Crippen molar-refractivity contribution < 1.29 is 19.1 Å². The maximum Gasteiger partial charge on any atom is 0.341 e. The van der Waals surface area contributed by atoms with E-state index in [1.807, 2.05) is 13.0 Å². The molecule has 1 amide bonds. The van der Waals surface area contributed by atoms with Gasteiger partial charge in [0.05, 0.1) is 23.6 Å². The Morgan fingerprint density at radius 1 is 1.19 bits per heavy atom. The maximum absolute atomic E-state index is 12.4. The third-order valence-corrected chi connectivity index (χ3v) is 5.62. The van der Waals surface area contributed by atoms with Crippen LogP contribution >= 0.6 is 22.9 Å². The highest BCUT2D eigenvalue weighted by Gasteiger charge is 2.25. The zero-order valence-corrected chi connectivity index (χ0v) is 17.1. The van der Waals surface area contributed by atoms with Crippen molar-refractivity contribution in [2.45, 2.75) is 27.7 Å². The lowest BCUT2D eigenvalue weighted by atomic mass is 10.1. The first-order valence-electron chi connectivity index (χ1n) is 8.36. The predicted octanol–water partition coefficient (Wildman–Crippen LogP) is 4.45. The van der Waals surface area contributed by atoms with Gasteiger partial charge in [-0.3, -0.25) is 9.59 Å². The van der Waals surface area contributed by atoms with Crippen LogP contribution in [0.5, 0.6) is 0 Å². The molecular formula is C19H21ClN2O4S. The molecule has 0 saturated carbocycles. The molecular weight excluding hydrogens is 388 g/mol. The first-order chi connectivity index (χ1) is 12.8. The Hall–Kier alpha value is -2.38. The number of rotatable bonds is 7. The number of benzene rings is 1. The molecule has 1 aromatic heterocycles. The van der Waals surface area contributed by atoms with Crippen molar-refractivity contribution in [2.75, 3.05) is 23.8 Å². The highest BCUT2D eigenvalue weighted by atomic mass is 35.5. The molecule has 0 aliphatic heterocycles. The van der Waals surface area contributed by atoms with E-state index in [1.54, 1.807) is 26.0 Å². The molecule has 0 saturated heterocycles. The minimum absolute atomic E-state index is 0.0181. The quantitative estimate of drug-likeness (QED) is 0.522. The number of thiophene rings is 1. The molecule has 0 spiro atoms. The molecule has 144 valence electrons. The molecule has 1 heterocycles. The average Bonchev–Trinajstić information content (AvgIpc) is 2.92. The number of nitrogens with one attached hydrogen (secondary N) is 2. The van der Waals surface area contributed by atoms with Gasteiger partial charge in [-0.25, -0.2) is 4.79 Å². The number of ketones is 1. The smallest absolute Gasteiger partial charge is 0.341 e. The highest BCUT2D eigenvalue weighted by Crippen LogP contribution is 2.34. The molecule has 27 heavy (non-hydrogen) atoms. The van der Waals surface area contributed by atoms with Gasteiger partial charge < -0.3 is 15.4 Å². The number of anilines is 2. The minimum atomic E-state index is -0.562. The number of amides is 1. The number of carbonyl (C=O) groups excluding carboxylic acids is 3. The molecule has 6 nitrogen and oxygen atoms in total. The summed E-state index contributed by atoms with van der Waals surface area (Å²) in [5.41, 5.74) is 2.32. The van der Waals surface area contributed by atoms with Gasteiger partial charge in [0.2, 0.25) is 5.91 Å². The molecule has 0 radical (unpaired) electrons. The van der Waals surface area contributed by atoms with Crippen molar-refractivity contribution in [3.63, 3.8) is 0 Å². The number of carbonyl (C=O) groups is 3. The summed E-state index contributed by atoms with van der Waals surface area (Å²) >= 11 is 7.14. The molecule has 1 aromatic carbocycles. The normalized spacial score (nSPS) is 10.4. The molecule has 2 aromatic rings. The van der Waals surface area contributed by atoms with E-state index in [4.69, 9.17) is 16.3 Å². The summed E-state index contributed by atoms with van der Waals surface area (Å²) in [4.78, 5) is 36.8. The van der Waals surface area contributed by atoms with Crippen LogP contribution in [-0.2, 0) is 9.53 Å². The number of hydrogen-bond donors (Lipinski definition) is 2. The summed E-state index contributed by atoms with van der Waals surface area (Å²) in [6.45, 7) is 6.82. The fourth-order valence-corrected chi connectivity index (χ4v) is 3.81. The summed E-state index contributed by atoms with van der Waals surface area (Å²) in [6.07, 6.45) is 0. The number of esters is 1. The Bertz CT molecular complexity index is 892. The van der Waals surface area contributed by atoms with Gasteiger partial charge in [0.25, 0.3) is 0 Å². The van der Waals surface area contributed by atoms with E-state index in [0.717, 1.165) is 22.6 Å². The summed E-state index contributed by atoms with van der Waals surface area (Å²) < 4.78 is 5.06. The van der Waals surface area contributed by atoms with Crippen molar-refractivity contribution in [2.24, 2.45) is 0 Å². The topological polar surface area (TPSA) is 84.5 Å². The Labute approximate surface area is 166 Å². The first kappa shape index (κ1) is 20.9. The van der Waals surface area contributed by atoms with Crippen LogP contribution in [0.15, 0.2) is 18.2 Å². The SMILES string of the molecule is CCOC(=O)c1c(NC(=O)CNc2cccc(Cl)c2C)sc(C(C)=O)c1C. The predicted molar refractivity (Wildman–Crippen MR) is 108 cm³/mol. The lowest BCUT2D eigenvalue weighted by Gasteiger charge is -2.11. The van der Waals surface area contributed by atoms with Crippen molar-refractivity contribution >= 4 is 51.3 Å². The average molecular weight is 409 g/mol. The number of hydrogen-bond acceptors (Lipinski definition) is 6. The fourth-order valence-electron chi connectivity index (χ4n) is 2.53. The fraction of sp³-hybridized carbons (Fsp3) is 0.316. The van der Waals surface area contributed by atoms with Crippen molar-refractivity contribution in [3.05, 3.63) is 44.8 Å². The lowest BCUT2D eigenvalue weighted by Crippen LogP contribution is -2.22. The molecule has 0 fully saturated rings. The molecule has 0 unspecified atom stereocenters. The Morgan fingerprint density at radius 3 is 2.52 bits per heavy atom. The zero-order chi connectivity index (χ0) is 20.1. The second-order valence-corrected chi connectivity index (χ2v) is 7.28. The van der Waals surface area contributed by atoms with Gasteiger partial charge in [-0.15, -0.1) is 11.3 Å². The van der Waals surface area contributed by atoms with E-state index in [1.165, 1.54) is 6.92 Å². The summed E-state index contributed by atoms with van der Waals surface area (Å²) in [7, 11) is 0. The Kier molecular flexibility index (Phi) is 6.98. The Balaban J connectivity index is 2.19. The largest absolute Gasteiger partial charge is 0.462 e. The van der Waals surface area contributed by atoms with E-state index in [9.17, 15) is 14.4 Å². The van der Waals surface area contributed by atoms with Gasteiger partial charge in [-0.2, -0.15) is 0 Å². The molecule has 0 bridgehead atoms. The van der Waals surface area contributed by atoms with Crippen LogP contribution in [-0.4, -0.2) is 30.8 Å². The van der Waals surface area contributed by atoms with Crippen LogP contribution in [0, 0.1) is 13.8 Å². The third kappa shape index (κ3) is 4.87. The van der Waals surface area contributed by atoms with Crippen LogP contribution in [0.25, 0.3) is 0 Å². The van der Waals surface area contributed by atoms with E-state index in [2.05, 4.69) is 10.6 Å². The molecule has 2 rings (SSSR count). The molecule has 2 N–H and O–H groups in total. The van der Waals surface area contributed by atoms with E-state index in [0.29, 0.717) is 20.5 Å². The molecule has 8 heteroatoms. The second-order valence-electron chi connectivity index (χ2n) is 5.85. The summed E-state index contributed by atoms with van der Waals surface area (Å²) in [5, 5.41) is 6.63. The van der Waals surface area contributed by atoms with Crippen molar-refractivity contribution in [1.82, 2.24) is 0 Å². The standard InChI is InChI=1S/C19H21ClN2O4S/c1-5-26-19(25)16-11(3)17(12(4)23)27-18(16)22-15(24)9-21-14-8-6-7-13(20)10(14)2/h6-8,21H,5,9H2,1-4H3,(H,22,24). The number of ether oxygens (including phenoxy) is 1. The number of halogens is 1. The summed E-state index contributed by atoms with van der Waals surface area (Å²) in [5.74, 6) is -1.08. The van der Waals surface area contributed by atoms with Crippen LogP contribution in [0.3, 0.4) is 0 Å².